The fourth-order valence-corrected chi connectivity index (χ4v) is 4.23. The van der Waals surface area contributed by atoms with Gasteiger partial charge in [0.15, 0.2) is 10.7 Å². The topological polar surface area (TPSA) is 80.2 Å². The number of thioether (sulfide) groups is 1. The highest BCUT2D eigenvalue weighted by Gasteiger charge is 2.31. The molecule has 0 saturated heterocycles. The van der Waals surface area contributed by atoms with Gasteiger partial charge in [0, 0.05) is 30.1 Å². The summed E-state index contributed by atoms with van der Waals surface area (Å²) in [5.41, 5.74) is 1.95. The number of hydrogen-bond donors (Lipinski definition) is 1. The fourth-order valence-electron chi connectivity index (χ4n) is 3.17. The number of aliphatic imine (C=N–C) groups is 1. The molecule has 29 heavy (non-hydrogen) atoms. The monoisotopic (exact) mass is 415 g/mol. The van der Waals surface area contributed by atoms with Crippen molar-refractivity contribution >= 4 is 40.3 Å². The Bertz CT molecular complexity index is 859. The summed E-state index contributed by atoms with van der Waals surface area (Å²) in [6, 6.07) is 5.84. The molecular weight excluding hydrogens is 390 g/mol. The number of ether oxygens (including phenoxy) is 2. The molecule has 0 aliphatic carbocycles. The molecule has 1 aromatic carbocycles. The van der Waals surface area contributed by atoms with E-state index >= 15 is 0 Å². The van der Waals surface area contributed by atoms with E-state index in [0.717, 1.165) is 35.3 Å². The van der Waals surface area contributed by atoms with E-state index in [4.69, 9.17) is 9.47 Å². The van der Waals surface area contributed by atoms with E-state index < -0.39 is 11.9 Å². The molecule has 0 amide bonds. The number of fused-ring (bicyclic) bond motifs is 3. The predicted molar refractivity (Wildman–Crippen MR) is 115 cm³/mol. The zero-order valence-electron chi connectivity index (χ0n) is 16.7. The molecule has 1 N–H and O–H groups in total. The van der Waals surface area contributed by atoms with E-state index in [-0.39, 0.29) is 18.8 Å². The van der Waals surface area contributed by atoms with Crippen molar-refractivity contribution in [2.24, 2.45) is 4.99 Å². The number of carbonyl (C=O) groups excluding carboxylic acids is 2. The number of nitrogens with zero attached hydrogens (tertiary/aromatic N) is 2. The van der Waals surface area contributed by atoms with Gasteiger partial charge in [0.05, 0.1) is 24.6 Å². The molecule has 0 fully saturated rings. The highest BCUT2D eigenvalue weighted by Crippen LogP contribution is 2.42. The second kappa shape index (κ2) is 9.65. The Morgan fingerprint density at radius 1 is 1.28 bits per heavy atom. The van der Waals surface area contributed by atoms with Crippen LogP contribution in [0.15, 0.2) is 46.3 Å². The van der Waals surface area contributed by atoms with Crippen molar-refractivity contribution in [2.75, 3.05) is 37.7 Å². The normalized spacial score (nSPS) is 14.3. The Morgan fingerprint density at radius 2 is 2.00 bits per heavy atom. The number of amidine groups is 1. The second-order valence-electron chi connectivity index (χ2n) is 6.31. The number of hydrogen-bond acceptors (Lipinski definition) is 8. The van der Waals surface area contributed by atoms with E-state index in [9.17, 15) is 9.59 Å². The minimum atomic E-state index is -0.715. The average Bonchev–Trinajstić information content (AvgIpc) is 3.09. The minimum Gasteiger partial charge on any atom is -0.462 e. The average molecular weight is 416 g/mol. The molecule has 154 valence electrons. The molecule has 3 rings (SSSR count). The van der Waals surface area contributed by atoms with Crippen LogP contribution in [0.2, 0.25) is 0 Å². The third kappa shape index (κ3) is 4.48. The van der Waals surface area contributed by atoms with Crippen LogP contribution < -0.4 is 10.2 Å². The number of benzene rings is 1. The van der Waals surface area contributed by atoms with Crippen LogP contribution in [0.25, 0.3) is 5.70 Å². The van der Waals surface area contributed by atoms with Gasteiger partial charge in [-0.05, 0) is 44.2 Å². The highest BCUT2D eigenvalue weighted by atomic mass is 32.2. The molecule has 1 aromatic rings. The lowest BCUT2D eigenvalue weighted by Crippen LogP contribution is -2.30. The van der Waals surface area contributed by atoms with Crippen LogP contribution in [-0.2, 0) is 19.1 Å². The number of esters is 2. The molecule has 7 nitrogen and oxygen atoms in total. The standard InChI is InChI=1S/C21H25N3O4S/c1-4-10-22-18(17(19(25)27-5-2)20(26)28-6-3)14-8-9-16-15(13-14)24-12-7-11-23-21(24)29-16/h4,8-9,13,22H,1,5-7,10-12H2,2-3H3. The Kier molecular flexibility index (Phi) is 6.98. The summed E-state index contributed by atoms with van der Waals surface area (Å²) in [6.45, 7) is 9.52. The molecular formula is C21H25N3O4S. The quantitative estimate of drug-likeness (QED) is 0.230. The third-order valence-electron chi connectivity index (χ3n) is 4.39. The summed E-state index contributed by atoms with van der Waals surface area (Å²) in [6.07, 6.45) is 2.65. The summed E-state index contributed by atoms with van der Waals surface area (Å²) in [7, 11) is 0. The molecule has 0 unspecified atom stereocenters. The maximum Gasteiger partial charge on any atom is 0.347 e. The van der Waals surface area contributed by atoms with Crippen molar-refractivity contribution in [3.8, 4) is 0 Å². The van der Waals surface area contributed by atoms with E-state index in [2.05, 4.69) is 21.8 Å². The van der Waals surface area contributed by atoms with Gasteiger partial charge in [-0.2, -0.15) is 0 Å². The van der Waals surface area contributed by atoms with Crippen LogP contribution in [0, 0.1) is 0 Å². The van der Waals surface area contributed by atoms with Gasteiger partial charge in [-0.3, -0.25) is 4.99 Å². The molecule has 2 heterocycles. The molecule has 0 spiro atoms. The van der Waals surface area contributed by atoms with Crippen molar-refractivity contribution in [3.63, 3.8) is 0 Å². The number of rotatable bonds is 8. The van der Waals surface area contributed by atoms with Crippen LogP contribution in [0.5, 0.6) is 0 Å². The Hall–Kier alpha value is -2.74. The summed E-state index contributed by atoms with van der Waals surface area (Å²) in [4.78, 5) is 33.1. The molecule has 0 atom stereocenters. The highest BCUT2D eigenvalue weighted by molar-refractivity contribution is 8.14. The van der Waals surface area contributed by atoms with Crippen molar-refractivity contribution in [1.29, 1.82) is 0 Å². The summed E-state index contributed by atoms with van der Waals surface area (Å²) >= 11 is 1.64. The zero-order valence-corrected chi connectivity index (χ0v) is 17.5. The van der Waals surface area contributed by atoms with Crippen LogP contribution in [0.1, 0.15) is 25.8 Å². The van der Waals surface area contributed by atoms with Gasteiger partial charge in [0.2, 0.25) is 0 Å². The van der Waals surface area contributed by atoms with E-state index in [1.165, 1.54) is 0 Å². The van der Waals surface area contributed by atoms with Crippen molar-refractivity contribution in [3.05, 3.63) is 42.0 Å². The van der Waals surface area contributed by atoms with E-state index in [0.29, 0.717) is 17.8 Å². The van der Waals surface area contributed by atoms with Gasteiger partial charge in [0.1, 0.15) is 0 Å². The first-order valence-electron chi connectivity index (χ1n) is 9.68. The van der Waals surface area contributed by atoms with Crippen molar-refractivity contribution in [1.82, 2.24) is 5.32 Å². The number of anilines is 1. The summed E-state index contributed by atoms with van der Waals surface area (Å²) in [5, 5.41) is 4.12. The maximum absolute atomic E-state index is 12.6. The number of nitrogens with one attached hydrogen (secondary N) is 1. The van der Waals surface area contributed by atoms with Crippen LogP contribution in [0.3, 0.4) is 0 Å². The Morgan fingerprint density at radius 3 is 2.66 bits per heavy atom. The molecule has 0 bridgehead atoms. The van der Waals surface area contributed by atoms with Crippen molar-refractivity contribution in [2.45, 2.75) is 25.2 Å². The van der Waals surface area contributed by atoms with Gasteiger partial charge >= 0.3 is 11.9 Å². The third-order valence-corrected chi connectivity index (χ3v) is 5.49. The first kappa shape index (κ1) is 21.0. The van der Waals surface area contributed by atoms with Gasteiger partial charge in [0.25, 0.3) is 0 Å². The summed E-state index contributed by atoms with van der Waals surface area (Å²) < 4.78 is 10.3. The van der Waals surface area contributed by atoms with Gasteiger partial charge in [-0.1, -0.05) is 12.1 Å². The van der Waals surface area contributed by atoms with Crippen LogP contribution in [-0.4, -0.2) is 50.0 Å². The molecule has 2 aliphatic heterocycles. The van der Waals surface area contributed by atoms with Gasteiger partial charge < -0.3 is 19.7 Å². The van der Waals surface area contributed by atoms with Gasteiger partial charge in [-0.15, -0.1) is 6.58 Å². The van der Waals surface area contributed by atoms with E-state index in [1.807, 2.05) is 18.2 Å². The lowest BCUT2D eigenvalue weighted by atomic mass is 10.0. The van der Waals surface area contributed by atoms with Gasteiger partial charge in [-0.25, -0.2) is 9.59 Å². The lowest BCUT2D eigenvalue weighted by Gasteiger charge is -2.23. The minimum absolute atomic E-state index is 0.145. The Balaban J connectivity index is 2.10. The first-order chi connectivity index (χ1) is 14.1. The first-order valence-corrected chi connectivity index (χ1v) is 10.5. The summed E-state index contributed by atoms with van der Waals surface area (Å²) in [5.74, 6) is -1.43. The number of carbonyl (C=O) groups is 2. The molecule has 8 heteroatoms. The maximum atomic E-state index is 12.6. The Labute approximate surface area is 174 Å². The molecule has 2 aliphatic rings. The molecule has 0 radical (unpaired) electrons. The zero-order chi connectivity index (χ0) is 20.8. The fraction of sp³-hybridized carbons (Fsp3) is 0.381. The largest absolute Gasteiger partial charge is 0.462 e. The SMILES string of the molecule is C=CCNC(=C(C(=O)OCC)C(=O)OCC)c1ccc2c(c1)N1CCCN=C1S2. The van der Waals surface area contributed by atoms with Crippen LogP contribution in [0.4, 0.5) is 5.69 Å². The molecule has 0 aromatic heterocycles. The lowest BCUT2D eigenvalue weighted by molar-refractivity contribution is -0.146. The smallest absolute Gasteiger partial charge is 0.347 e. The van der Waals surface area contributed by atoms with Crippen LogP contribution >= 0.6 is 11.8 Å². The second-order valence-corrected chi connectivity index (χ2v) is 7.32. The predicted octanol–water partition coefficient (Wildman–Crippen LogP) is 2.97. The van der Waals surface area contributed by atoms with Crippen molar-refractivity contribution < 1.29 is 19.1 Å². The molecule has 0 saturated carbocycles. The van der Waals surface area contributed by atoms with E-state index in [1.54, 1.807) is 31.7 Å².